The van der Waals surface area contributed by atoms with Crippen molar-refractivity contribution in [2.45, 2.75) is 32.6 Å². The van der Waals surface area contributed by atoms with Gasteiger partial charge in [-0.2, -0.15) is 10.5 Å². The van der Waals surface area contributed by atoms with Crippen LogP contribution in [0.1, 0.15) is 38.2 Å². The SMILES string of the molecule is COc1cc([C@@H]2CC(O)=C3C(=O)CC(C)(C)C=C3C2(C#N)C#N)c([N+](=O)[O-])cc1OC. The smallest absolute Gasteiger partial charge is 0.276 e. The van der Waals surface area contributed by atoms with Crippen LogP contribution in [0.15, 0.2) is 35.1 Å². The zero-order chi connectivity index (χ0) is 23.1. The number of aliphatic hydroxyl groups excluding tert-OH is 1. The second-order valence-corrected chi connectivity index (χ2v) is 8.28. The third kappa shape index (κ3) is 3.28. The first-order valence-corrected chi connectivity index (χ1v) is 9.47. The highest BCUT2D eigenvalue weighted by molar-refractivity contribution is 6.03. The molecular weight excluding hydrogens is 402 g/mol. The Labute approximate surface area is 179 Å². The molecule has 9 heteroatoms. The molecule has 1 aromatic carbocycles. The van der Waals surface area contributed by atoms with Crippen LogP contribution in [0.4, 0.5) is 5.69 Å². The molecule has 1 aromatic rings. The summed E-state index contributed by atoms with van der Waals surface area (Å²) in [5, 5.41) is 42.9. The van der Waals surface area contributed by atoms with Gasteiger partial charge in [0.1, 0.15) is 5.76 Å². The van der Waals surface area contributed by atoms with Crippen LogP contribution in [0.5, 0.6) is 11.5 Å². The number of carbonyl (C=O) groups excluding carboxylic acids is 1. The van der Waals surface area contributed by atoms with Gasteiger partial charge in [-0.25, -0.2) is 0 Å². The maximum atomic E-state index is 12.8. The largest absolute Gasteiger partial charge is 0.512 e. The van der Waals surface area contributed by atoms with Gasteiger partial charge in [0.2, 0.25) is 0 Å². The number of carbonyl (C=O) groups is 1. The van der Waals surface area contributed by atoms with E-state index >= 15 is 0 Å². The van der Waals surface area contributed by atoms with Gasteiger partial charge in [0, 0.05) is 24.3 Å². The van der Waals surface area contributed by atoms with Crippen LogP contribution in [0.3, 0.4) is 0 Å². The molecule has 9 nitrogen and oxygen atoms in total. The van der Waals surface area contributed by atoms with E-state index in [0.717, 1.165) is 6.07 Å². The topological polar surface area (TPSA) is 146 Å². The molecule has 31 heavy (non-hydrogen) atoms. The number of nitrogens with zero attached hydrogens (tertiary/aromatic N) is 3. The zero-order valence-electron chi connectivity index (χ0n) is 17.6. The second-order valence-electron chi connectivity index (χ2n) is 8.28. The summed E-state index contributed by atoms with van der Waals surface area (Å²) in [7, 11) is 2.69. The minimum Gasteiger partial charge on any atom is -0.512 e. The van der Waals surface area contributed by atoms with Gasteiger partial charge in [0.25, 0.3) is 5.69 Å². The Hall–Kier alpha value is -3.85. The number of Topliss-reactive ketones (excluding diaryl/α,β-unsaturated/α-hetero) is 1. The number of nitriles is 2. The Morgan fingerprint density at radius 3 is 2.29 bits per heavy atom. The summed E-state index contributed by atoms with van der Waals surface area (Å²) < 4.78 is 10.4. The lowest BCUT2D eigenvalue weighted by molar-refractivity contribution is -0.385. The van der Waals surface area contributed by atoms with E-state index in [1.807, 2.05) is 12.1 Å². The van der Waals surface area contributed by atoms with Crippen LogP contribution in [-0.4, -0.2) is 30.0 Å². The number of methoxy groups -OCH3 is 2. The predicted octanol–water partition coefficient (Wildman–Crippen LogP) is 3.87. The minimum absolute atomic E-state index is 0.0353. The highest BCUT2D eigenvalue weighted by Gasteiger charge is 2.54. The zero-order valence-corrected chi connectivity index (χ0v) is 17.6. The van der Waals surface area contributed by atoms with E-state index in [1.54, 1.807) is 19.9 Å². The third-order valence-corrected chi connectivity index (χ3v) is 5.79. The minimum atomic E-state index is -1.92. The molecule has 0 aliphatic heterocycles. The number of ether oxygens (including phenoxy) is 2. The van der Waals surface area contributed by atoms with E-state index in [9.17, 15) is 30.5 Å². The molecule has 0 amide bonds. The summed E-state index contributed by atoms with van der Waals surface area (Å²) in [6, 6.07) is 6.52. The van der Waals surface area contributed by atoms with Gasteiger partial charge >= 0.3 is 0 Å². The number of hydrogen-bond donors (Lipinski definition) is 1. The van der Waals surface area contributed by atoms with Crippen LogP contribution < -0.4 is 9.47 Å². The maximum absolute atomic E-state index is 12.8. The van der Waals surface area contributed by atoms with Gasteiger partial charge in [-0.1, -0.05) is 19.9 Å². The number of hydrogen-bond acceptors (Lipinski definition) is 8. The standard InChI is InChI=1S/C22H21N3O6/c1-21(2)8-14-20(17(27)9-21)16(26)6-13(22(14,10-23)11-24)12-5-18(30-3)19(31-4)7-15(12)25(28)29/h5,7-8,13,26H,6,9H2,1-4H3/t13-/m0/s1. The Morgan fingerprint density at radius 2 is 1.77 bits per heavy atom. The average molecular weight is 423 g/mol. The van der Waals surface area contributed by atoms with E-state index in [1.165, 1.54) is 20.3 Å². The fraction of sp³-hybridized carbons (Fsp3) is 0.409. The third-order valence-electron chi connectivity index (χ3n) is 5.79. The molecule has 3 rings (SSSR count). The van der Waals surface area contributed by atoms with Crippen molar-refractivity contribution in [3.63, 3.8) is 0 Å². The molecule has 0 heterocycles. The molecular formula is C22H21N3O6. The Morgan fingerprint density at radius 1 is 1.19 bits per heavy atom. The van der Waals surface area contributed by atoms with Crippen molar-refractivity contribution in [3.05, 3.63) is 50.8 Å². The second kappa shape index (κ2) is 7.44. The van der Waals surface area contributed by atoms with Gasteiger partial charge in [0.05, 0.1) is 42.9 Å². The number of aliphatic hydroxyl groups is 1. The predicted molar refractivity (Wildman–Crippen MR) is 108 cm³/mol. The molecule has 2 aliphatic rings. The van der Waals surface area contributed by atoms with Crippen LogP contribution in [0, 0.1) is 43.6 Å². The number of allylic oxidation sites excluding steroid dienone is 4. The lowest BCUT2D eigenvalue weighted by Gasteiger charge is -2.41. The van der Waals surface area contributed by atoms with Crippen molar-refractivity contribution in [2.75, 3.05) is 14.2 Å². The lowest BCUT2D eigenvalue weighted by atomic mass is 9.57. The van der Waals surface area contributed by atoms with E-state index in [-0.39, 0.29) is 58.3 Å². The number of nitro groups is 1. The van der Waals surface area contributed by atoms with Crippen molar-refractivity contribution >= 4 is 11.5 Å². The summed E-state index contributed by atoms with van der Waals surface area (Å²) in [6.07, 6.45) is 1.48. The summed E-state index contributed by atoms with van der Waals surface area (Å²) in [4.78, 5) is 24.0. The van der Waals surface area contributed by atoms with E-state index < -0.39 is 21.7 Å². The molecule has 0 aromatic heterocycles. The quantitative estimate of drug-likeness (QED) is 0.567. The first-order chi connectivity index (χ1) is 14.5. The molecule has 0 saturated carbocycles. The fourth-order valence-electron chi connectivity index (χ4n) is 4.40. The molecule has 160 valence electrons. The van der Waals surface area contributed by atoms with Crippen molar-refractivity contribution < 1.29 is 24.3 Å². The lowest BCUT2D eigenvalue weighted by Crippen LogP contribution is -2.39. The number of fused-ring (bicyclic) bond motifs is 1. The first kappa shape index (κ1) is 21.8. The van der Waals surface area contributed by atoms with Crippen molar-refractivity contribution in [2.24, 2.45) is 10.8 Å². The Kier molecular flexibility index (Phi) is 5.24. The van der Waals surface area contributed by atoms with Gasteiger partial charge in [-0.3, -0.25) is 14.9 Å². The van der Waals surface area contributed by atoms with Crippen LogP contribution in [0.25, 0.3) is 0 Å². The summed E-state index contributed by atoms with van der Waals surface area (Å²) in [6.45, 7) is 3.57. The van der Waals surface area contributed by atoms with Crippen molar-refractivity contribution in [1.29, 1.82) is 10.5 Å². The maximum Gasteiger partial charge on any atom is 0.276 e. The van der Waals surface area contributed by atoms with Crippen LogP contribution in [-0.2, 0) is 4.79 Å². The fourth-order valence-corrected chi connectivity index (χ4v) is 4.40. The van der Waals surface area contributed by atoms with Crippen LogP contribution in [0.2, 0.25) is 0 Å². The van der Waals surface area contributed by atoms with E-state index in [0.29, 0.717) is 0 Å². The molecule has 1 N–H and O–H groups in total. The molecule has 0 bridgehead atoms. The monoisotopic (exact) mass is 423 g/mol. The molecule has 0 radical (unpaired) electrons. The average Bonchev–Trinajstić information content (AvgIpc) is 2.71. The molecule has 0 fully saturated rings. The summed E-state index contributed by atoms with van der Waals surface area (Å²) >= 11 is 0. The van der Waals surface area contributed by atoms with Gasteiger partial charge < -0.3 is 14.6 Å². The molecule has 1 atom stereocenters. The normalized spacial score (nSPS) is 21.3. The van der Waals surface area contributed by atoms with Gasteiger partial charge in [-0.15, -0.1) is 0 Å². The van der Waals surface area contributed by atoms with Crippen molar-refractivity contribution in [3.8, 4) is 23.6 Å². The highest BCUT2D eigenvalue weighted by atomic mass is 16.6. The molecule has 2 aliphatic carbocycles. The van der Waals surface area contributed by atoms with Gasteiger partial charge in [0.15, 0.2) is 22.7 Å². The Balaban J connectivity index is 2.39. The van der Waals surface area contributed by atoms with E-state index in [2.05, 4.69) is 0 Å². The number of benzene rings is 1. The number of rotatable bonds is 4. The summed E-state index contributed by atoms with van der Waals surface area (Å²) in [5.74, 6) is -1.48. The number of nitro benzene ring substituents is 1. The van der Waals surface area contributed by atoms with Gasteiger partial charge in [-0.05, 0) is 17.1 Å². The number of ketones is 1. The van der Waals surface area contributed by atoms with E-state index in [4.69, 9.17) is 9.47 Å². The molecule has 0 saturated heterocycles. The molecule has 0 spiro atoms. The first-order valence-electron chi connectivity index (χ1n) is 9.47. The molecule has 0 unspecified atom stereocenters. The van der Waals surface area contributed by atoms with Crippen LogP contribution >= 0.6 is 0 Å². The highest BCUT2D eigenvalue weighted by Crippen LogP contribution is 2.57. The van der Waals surface area contributed by atoms with Crippen molar-refractivity contribution in [1.82, 2.24) is 0 Å². The summed E-state index contributed by atoms with van der Waals surface area (Å²) in [5.41, 5.74) is -2.86. The Bertz CT molecular complexity index is 1120.